The van der Waals surface area contributed by atoms with E-state index in [9.17, 15) is 13.2 Å². The van der Waals surface area contributed by atoms with E-state index in [1.54, 1.807) is 13.0 Å². The molecule has 0 unspecified atom stereocenters. The first-order valence-electron chi connectivity index (χ1n) is 5.42. The number of nitrogens with one attached hydrogen (secondary N) is 1. The zero-order chi connectivity index (χ0) is 14.6. The molecule has 0 fully saturated rings. The van der Waals surface area contributed by atoms with Crippen LogP contribution in [0.15, 0.2) is 4.90 Å². The van der Waals surface area contributed by atoms with Crippen molar-refractivity contribution in [1.82, 2.24) is 14.5 Å². The highest BCUT2D eigenvalue weighted by atomic mass is 32.2. The van der Waals surface area contributed by atoms with Crippen molar-refractivity contribution in [1.29, 1.82) is 5.26 Å². The van der Waals surface area contributed by atoms with Gasteiger partial charge in [0.1, 0.15) is 4.90 Å². The molecule has 1 rings (SSSR count). The highest BCUT2D eigenvalue weighted by Gasteiger charge is 2.24. The predicted octanol–water partition coefficient (Wildman–Crippen LogP) is -0.223. The lowest BCUT2D eigenvalue weighted by Crippen LogP contribution is -2.25. The molecule has 1 aromatic rings. The second-order valence-corrected chi connectivity index (χ2v) is 5.55. The van der Waals surface area contributed by atoms with E-state index in [0.29, 0.717) is 5.69 Å². The molecule has 0 bridgehead atoms. The summed E-state index contributed by atoms with van der Waals surface area (Å²) in [6, 6.07) is 1.68. The number of sulfonamides is 1. The maximum absolute atomic E-state index is 12.0. The summed E-state index contributed by atoms with van der Waals surface area (Å²) in [4.78, 5) is 10.5. The molecule has 0 aliphatic carbocycles. The number of carboxylic acids is 1. The first-order chi connectivity index (χ1) is 8.79. The molecule has 0 saturated carbocycles. The van der Waals surface area contributed by atoms with Crippen molar-refractivity contribution in [2.75, 3.05) is 6.54 Å². The van der Waals surface area contributed by atoms with Gasteiger partial charge in [0.05, 0.1) is 37.0 Å². The third kappa shape index (κ3) is 3.52. The fourth-order valence-electron chi connectivity index (χ4n) is 1.69. The molecule has 0 radical (unpaired) electrons. The fourth-order valence-corrected chi connectivity index (χ4v) is 3.01. The minimum atomic E-state index is -3.80. The van der Waals surface area contributed by atoms with Gasteiger partial charge in [0, 0.05) is 0 Å². The third-order valence-corrected chi connectivity index (χ3v) is 4.12. The van der Waals surface area contributed by atoms with Crippen LogP contribution in [0.25, 0.3) is 0 Å². The van der Waals surface area contributed by atoms with Crippen molar-refractivity contribution < 1.29 is 18.3 Å². The topological polar surface area (TPSA) is 125 Å². The summed E-state index contributed by atoms with van der Waals surface area (Å²) in [5.74, 6) is -0.987. The van der Waals surface area contributed by atoms with E-state index in [1.165, 1.54) is 11.6 Å². The van der Waals surface area contributed by atoms with Gasteiger partial charge in [-0.1, -0.05) is 0 Å². The summed E-state index contributed by atoms with van der Waals surface area (Å²) in [5, 5.41) is 21.0. The number of hydrogen-bond acceptors (Lipinski definition) is 5. The van der Waals surface area contributed by atoms with Gasteiger partial charge in [-0.15, -0.1) is 0 Å². The Morgan fingerprint density at radius 2 is 2.16 bits per heavy atom. The Kier molecular flexibility index (Phi) is 4.63. The Balaban J connectivity index is 3.10. The summed E-state index contributed by atoms with van der Waals surface area (Å²) in [5.41, 5.74) is 0.623. The van der Waals surface area contributed by atoms with E-state index in [-0.39, 0.29) is 30.1 Å². The van der Waals surface area contributed by atoms with Gasteiger partial charge in [-0.05, 0) is 13.8 Å². The first-order valence-corrected chi connectivity index (χ1v) is 6.90. The molecule has 0 aliphatic heterocycles. The van der Waals surface area contributed by atoms with Crippen molar-refractivity contribution in [3.63, 3.8) is 0 Å². The highest BCUT2D eigenvalue weighted by molar-refractivity contribution is 7.89. The molecule has 8 nitrogen and oxygen atoms in total. The van der Waals surface area contributed by atoms with Gasteiger partial charge in [-0.3, -0.25) is 9.48 Å². The Bertz CT molecular complexity index is 627. The summed E-state index contributed by atoms with van der Waals surface area (Å²) in [7, 11) is -3.80. The van der Waals surface area contributed by atoms with Gasteiger partial charge in [-0.2, -0.15) is 15.1 Å². The van der Waals surface area contributed by atoms with E-state index >= 15 is 0 Å². The molecule has 104 valence electrons. The monoisotopic (exact) mass is 286 g/mol. The van der Waals surface area contributed by atoms with Crippen LogP contribution < -0.4 is 4.72 Å². The minimum absolute atomic E-state index is 0.00635. The predicted molar refractivity (Wildman–Crippen MR) is 64.8 cm³/mol. The number of hydrogen-bond donors (Lipinski definition) is 2. The zero-order valence-electron chi connectivity index (χ0n) is 10.5. The lowest BCUT2D eigenvalue weighted by atomic mass is 10.4. The number of carboxylic acid groups (broad SMARTS) is 1. The maximum Gasteiger partial charge on any atom is 0.305 e. The minimum Gasteiger partial charge on any atom is -0.481 e. The van der Waals surface area contributed by atoms with Crippen LogP contribution in [0.2, 0.25) is 0 Å². The van der Waals surface area contributed by atoms with Crippen LogP contribution in [0.1, 0.15) is 17.8 Å². The van der Waals surface area contributed by atoms with E-state index in [0.717, 1.165) is 0 Å². The molecule has 2 N–H and O–H groups in total. The molecule has 0 aromatic carbocycles. The third-order valence-electron chi connectivity index (χ3n) is 2.46. The Hall–Kier alpha value is -1.92. The van der Waals surface area contributed by atoms with Crippen LogP contribution in [0.4, 0.5) is 0 Å². The number of rotatable bonds is 6. The van der Waals surface area contributed by atoms with Gasteiger partial charge >= 0.3 is 5.97 Å². The molecule has 9 heteroatoms. The molecular formula is C10H14N4O4S. The van der Waals surface area contributed by atoms with Crippen LogP contribution in [0, 0.1) is 25.2 Å². The second kappa shape index (κ2) is 5.81. The van der Waals surface area contributed by atoms with Crippen molar-refractivity contribution >= 4 is 16.0 Å². The molecule has 0 spiro atoms. The van der Waals surface area contributed by atoms with E-state index in [1.807, 2.05) is 0 Å². The number of carbonyl (C=O) groups is 1. The van der Waals surface area contributed by atoms with Crippen molar-refractivity contribution in [3.8, 4) is 6.07 Å². The van der Waals surface area contributed by atoms with E-state index in [4.69, 9.17) is 10.4 Å². The maximum atomic E-state index is 12.0. The van der Waals surface area contributed by atoms with Gasteiger partial charge in [0.15, 0.2) is 0 Å². The first kappa shape index (κ1) is 15.1. The van der Waals surface area contributed by atoms with Gasteiger partial charge < -0.3 is 5.11 Å². The second-order valence-electron chi connectivity index (χ2n) is 3.85. The summed E-state index contributed by atoms with van der Waals surface area (Å²) < 4.78 is 27.4. The highest BCUT2D eigenvalue weighted by Crippen LogP contribution is 2.19. The molecular weight excluding hydrogens is 272 g/mol. The lowest BCUT2D eigenvalue weighted by molar-refractivity contribution is -0.137. The summed E-state index contributed by atoms with van der Waals surface area (Å²) in [6.07, 6.45) is -0.146. The van der Waals surface area contributed by atoms with E-state index in [2.05, 4.69) is 9.82 Å². The average Bonchev–Trinajstić information content (AvgIpc) is 2.59. The van der Waals surface area contributed by atoms with Gasteiger partial charge in [0.2, 0.25) is 10.0 Å². The average molecular weight is 286 g/mol. The largest absolute Gasteiger partial charge is 0.481 e. The number of nitrogens with zero attached hydrogens (tertiary/aromatic N) is 3. The molecule has 0 aliphatic rings. The quantitative estimate of drug-likeness (QED) is 0.696. The zero-order valence-corrected chi connectivity index (χ0v) is 11.4. The van der Waals surface area contributed by atoms with Crippen LogP contribution in [0.3, 0.4) is 0 Å². The fraction of sp³-hybridized carbons (Fsp3) is 0.500. The van der Waals surface area contributed by atoms with Crippen molar-refractivity contribution in [2.24, 2.45) is 0 Å². The van der Waals surface area contributed by atoms with Crippen LogP contribution in [-0.2, 0) is 21.4 Å². The molecule has 1 aromatic heterocycles. The smallest absolute Gasteiger partial charge is 0.305 e. The Morgan fingerprint density at radius 1 is 1.53 bits per heavy atom. The molecule has 1 heterocycles. The SMILES string of the molecule is Cc1nn(CCC(=O)O)c(C)c1S(=O)(=O)NCC#N. The summed E-state index contributed by atoms with van der Waals surface area (Å²) >= 11 is 0. The number of aliphatic carboxylic acids is 1. The molecule has 0 saturated heterocycles. The van der Waals surface area contributed by atoms with Crippen LogP contribution in [0.5, 0.6) is 0 Å². The summed E-state index contributed by atoms with van der Waals surface area (Å²) in [6.45, 7) is 2.82. The standard InChI is InChI=1S/C10H14N4O4S/c1-7-10(19(17,18)12-5-4-11)8(2)14(13-7)6-3-9(15)16/h12H,3,5-6H2,1-2H3,(H,15,16). The molecule has 19 heavy (non-hydrogen) atoms. The number of aromatic nitrogens is 2. The van der Waals surface area contributed by atoms with Crippen LogP contribution in [-0.4, -0.2) is 35.8 Å². The normalized spacial score (nSPS) is 11.2. The molecule has 0 atom stereocenters. The van der Waals surface area contributed by atoms with E-state index < -0.39 is 16.0 Å². The van der Waals surface area contributed by atoms with Crippen LogP contribution >= 0.6 is 0 Å². The van der Waals surface area contributed by atoms with Crippen molar-refractivity contribution in [2.45, 2.75) is 31.7 Å². The Labute approximate surface area is 110 Å². The lowest BCUT2D eigenvalue weighted by Gasteiger charge is -2.05. The number of nitriles is 1. The van der Waals surface area contributed by atoms with Gasteiger partial charge in [-0.25, -0.2) is 8.42 Å². The van der Waals surface area contributed by atoms with Crippen molar-refractivity contribution in [3.05, 3.63) is 11.4 Å². The Morgan fingerprint density at radius 3 is 2.68 bits per heavy atom. The van der Waals surface area contributed by atoms with Gasteiger partial charge in [0.25, 0.3) is 0 Å². The molecule has 0 amide bonds. The number of aryl methyl sites for hydroxylation is 2.